The molecule has 0 atom stereocenters. The van der Waals surface area contributed by atoms with Crippen molar-refractivity contribution >= 4 is 35.0 Å². The molecule has 0 aliphatic heterocycles. The molecule has 1 amide bonds. The summed E-state index contributed by atoms with van der Waals surface area (Å²) in [6, 6.07) is 13.2. The van der Waals surface area contributed by atoms with Crippen LogP contribution in [0.1, 0.15) is 24.6 Å². The molecule has 1 aromatic heterocycles. The lowest BCUT2D eigenvalue weighted by atomic mass is 10.2. The molecule has 1 heterocycles. The average molecular weight is 445 g/mol. The highest BCUT2D eigenvalue weighted by Crippen LogP contribution is 2.40. The number of ether oxygens (including phenoxy) is 2. The number of hydrogen-bond donors (Lipinski definition) is 1. The Hall–Kier alpha value is -2.71. The van der Waals surface area contributed by atoms with E-state index in [1.165, 1.54) is 26.0 Å². The van der Waals surface area contributed by atoms with Crippen molar-refractivity contribution in [2.45, 2.75) is 23.9 Å². The standard InChI is InChI=1S/C21H21ClN4O3S/c1-28-17-11-18(29-2)16(10-15(17)22)23-19(27)12-30-21-24-20(13-8-9-13)26(25-21)14-6-4-3-5-7-14/h3-7,10-11,13H,8-9,12H2,1-2H3,(H,23,27). The lowest BCUT2D eigenvalue weighted by molar-refractivity contribution is -0.113. The third-order valence-corrected chi connectivity index (χ3v) is 5.77. The van der Waals surface area contributed by atoms with Crippen molar-refractivity contribution in [1.29, 1.82) is 0 Å². The van der Waals surface area contributed by atoms with Gasteiger partial charge in [0.2, 0.25) is 11.1 Å². The Morgan fingerprint density at radius 1 is 1.20 bits per heavy atom. The van der Waals surface area contributed by atoms with Crippen molar-refractivity contribution in [2.24, 2.45) is 0 Å². The van der Waals surface area contributed by atoms with Crippen molar-refractivity contribution in [2.75, 3.05) is 25.3 Å². The number of methoxy groups -OCH3 is 2. The molecule has 0 saturated heterocycles. The van der Waals surface area contributed by atoms with Gasteiger partial charge in [-0.15, -0.1) is 5.10 Å². The molecule has 9 heteroatoms. The second kappa shape index (κ2) is 8.97. The Morgan fingerprint density at radius 3 is 2.60 bits per heavy atom. The number of anilines is 1. The van der Waals surface area contributed by atoms with Gasteiger partial charge in [-0.3, -0.25) is 4.79 Å². The number of aromatic nitrogens is 3. The van der Waals surface area contributed by atoms with Gasteiger partial charge in [0.15, 0.2) is 0 Å². The Morgan fingerprint density at radius 2 is 1.93 bits per heavy atom. The van der Waals surface area contributed by atoms with Gasteiger partial charge in [-0.05, 0) is 31.0 Å². The number of benzene rings is 2. The highest BCUT2D eigenvalue weighted by molar-refractivity contribution is 7.99. The number of nitrogens with zero attached hydrogens (tertiary/aromatic N) is 3. The molecule has 0 unspecified atom stereocenters. The maximum atomic E-state index is 12.5. The van der Waals surface area contributed by atoms with Crippen LogP contribution in [0.15, 0.2) is 47.6 Å². The Balaban J connectivity index is 1.45. The first kappa shape index (κ1) is 20.6. The van der Waals surface area contributed by atoms with E-state index in [0.717, 1.165) is 24.4 Å². The van der Waals surface area contributed by atoms with E-state index in [4.69, 9.17) is 21.1 Å². The monoisotopic (exact) mass is 444 g/mol. The summed E-state index contributed by atoms with van der Waals surface area (Å²) in [6.45, 7) is 0. The molecule has 0 bridgehead atoms. The number of halogens is 1. The zero-order valence-corrected chi connectivity index (χ0v) is 18.2. The van der Waals surface area contributed by atoms with Crippen LogP contribution in [0.3, 0.4) is 0 Å². The first-order chi connectivity index (χ1) is 14.6. The number of amides is 1. The van der Waals surface area contributed by atoms with Crippen LogP contribution in [-0.2, 0) is 4.79 Å². The summed E-state index contributed by atoms with van der Waals surface area (Å²) in [4.78, 5) is 17.2. The fraction of sp³-hybridized carbons (Fsp3) is 0.286. The van der Waals surface area contributed by atoms with Crippen LogP contribution >= 0.6 is 23.4 Å². The second-order valence-corrected chi connectivity index (χ2v) is 8.15. The topological polar surface area (TPSA) is 78.3 Å². The molecular formula is C21H21ClN4O3S. The Labute approximate surface area is 183 Å². The van der Waals surface area contributed by atoms with E-state index in [0.29, 0.717) is 33.3 Å². The summed E-state index contributed by atoms with van der Waals surface area (Å²) >= 11 is 7.46. The molecule has 7 nitrogen and oxygen atoms in total. The lowest BCUT2D eigenvalue weighted by Crippen LogP contribution is -2.15. The van der Waals surface area contributed by atoms with Crippen molar-refractivity contribution in [3.05, 3.63) is 53.3 Å². The molecule has 1 aliphatic rings. The number of hydrogen-bond acceptors (Lipinski definition) is 6. The first-order valence-electron chi connectivity index (χ1n) is 9.45. The van der Waals surface area contributed by atoms with E-state index in [2.05, 4.69) is 15.4 Å². The number of thioether (sulfide) groups is 1. The third kappa shape index (κ3) is 4.55. The van der Waals surface area contributed by atoms with Crippen LogP contribution < -0.4 is 14.8 Å². The summed E-state index contributed by atoms with van der Waals surface area (Å²) < 4.78 is 12.4. The van der Waals surface area contributed by atoms with Gasteiger partial charge < -0.3 is 14.8 Å². The smallest absolute Gasteiger partial charge is 0.234 e. The lowest BCUT2D eigenvalue weighted by Gasteiger charge is -2.12. The number of para-hydroxylation sites is 1. The summed E-state index contributed by atoms with van der Waals surface area (Å²) in [7, 11) is 3.04. The van der Waals surface area contributed by atoms with Gasteiger partial charge in [0.1, 0.15) is 17.3 Å². The molecular weight excluding hydrogens is 424 g/mol. The van der Waals surface area contributed by atoms with E-state index in [1.54, 1.807) is 12.1 Å². The van der Waals surface area contributed by atoms with Crippen molar-refractivity contribution in [3.8, 4) is 17.2 Å². The van der Waals surface area contributed by atoms with Crippen LogP contribution in [0.5, 0.6) is 11.5 Å². The molecule has 2 aromatic carbocycles. The van der Waals surface area contributed by atoms with Crippen molar-refractivity contribution < 1.29 is 14.3 Å². The van der Waals surface area contributed by atoms with Crippen LogP contribution in [-0.4, -0.2) is 40.6 Å². The molecule has 1 aliphatic carbocycles. The number of nitrogens with one attached hydrogen (secondary N) is 1. The highest BCUT2D eigenvalue weighted by atomic mass is 35.5. The van der Waals surface area contributed by atoms with Crippen LogP contribution in [0, 0.1) is 0 Å². The molecule has 4 rings (SSSR count). The van der Waals surface area contributed by atoms with E-state index >= 15 is 0 Å². The van der Waals surface area contributed by atoms with Gasteiger partial charge >= 0.3 is 0 Å². The molecule has 1 N–H and O–H groups in total. The molecule has 1 fully saturated rings. The van der Waals surface area contributed by atoms with Gasteiger partial charge in [-0.25, -0.2) is 9.67 Å². The zero-order valence-electron chi connectivity index (χ0n) is 16.6. The maximum Gasteiger partial charge on any atom is 0.234 e. The molecule has 3 aromatic rings. The first-order valence-corrected chi connectivity index (χ1v) is 10.8. The van der Waals surface area contributed by atoms with Gasteiger partial charge in [0.25, 0.3) is 0 Å². The van der Waals surface area contributed by atoms with Crippen LogP contribution in [0.4, 0.5) is 5.69 Å². The van der Waals surface area contributed by atoms with E-state index in [1.807, 2.05) is 35.0 Å². The van der Waals surface area contributed by atoms with E-state index in [-0.39, 0.29) is 11.7 Å². The number of carbonyl (C=O) groups excluding carboxylic acids is 1. The molecule has 0 spiro atoms. The van der Waals surface area contributed by atoms with Gasteiger partial charge in [-0.1, -0.05) is 41.6 Å². The van der Waals surface area contributed by atoms with Crippen LogP contribution in [0.2, 0.25) is 5.02 Å². The highest BCUT2D eigenvalue weighted by Gasteiger charge is 2.30. The SMILES string of the molecule is COc1cc(OC)c(NC(=O)CSc2nc(C3CC3)n(-c3ccccc3)n2)cc1Cl. The summed E-state index contributed by atoms with van der Waals surface area (Å²) in [6.07, 6.45) is 2.24. The van der Waals surface area contributed by atoms with E-state index in [9.17, 15) is 4.79 Å². The number of rotatable bonds is 8. The molecule has 156 valence electrons. The Kier molecular flexibility index (Phi) is 6.15. The fourth-order valence-corrected chi connectivity index (χ4v) is 3.88. The van der Waals surface area contributed by atoms with Gasteiger partial charge in [0, 0.05) is 12.0 Å². The van der Waals surface area contributed by atoms with Gasteiger partial charge in [-0.2, -0.15) is 0 Å². The van der Waals surface area contributed by atoms with Gasteiger partial charge in [0.05, 0.1) is 36.4 Å². The largest absolute Gasteiger partial charge is 0.495 e. The third-order valence-electron chi connectivity index (χ3n) is 4.64. The van der Waals surface area contributed by atoms with Crippen molar-refractivity contribution in [1.82, 2.24) is 14.8 Å². The molecule has 30 heavy (non-hydrogen) atoms. The summed E-state index contributed by atoms with van der Waals surface area (Å²) in [5.74, 6) is 2.29. The maximum absolute atomic E-state index is 12.5. The normalized spacial score (nSPS) is 13.2. The van der Waals surface area contributed by atoms with Crippen LogP contribution in [0.25, 0.3) is 5.69 Å². The molecule has 1 saturated carbocycles. The zero-order chi connectivity index (χ0) is 21.1. The number of carbonyl (C=O) groups is 1. The van der Waals surface area contributed by atoms with Crippen molar-refractivity contribution in [3.63, 3.8) is 0 Å². The molecule has 0 radical (unpaired) electrons. The fourth-order valence-electron chi connectivity index (χ4n) is 3.00. The van der Waals surface area contributed by atoms with E-state index < -0.39 is 0 Å². The minimum Gasteiger partial charge on any atom is -0.495 e. The predicted octanol–water partition coefficient (Wildman–Crippen LogP) is 4.55. The minimum atomic E-state index is -0.205. The quantitative estimate of drug-likeness (QED) is 0.513. The summed E-state index contributed by atoms with van der Waals surface area (Å²) in [5.41, 5.74) is 1.45. The summed E-state index contributed by atoms with van der Waals surface area (Å²) in [5, 5.41) is 8.41. The minimum absolute atomic E-state index is 0.162. The second-order valence-electron chi connectivity index (χ2n) is 6.80. The average Bonchev–Trinajstić information content (AvgIpc) is 3.52. The Bertz CT molecular complexity index is 1050. The predicted molar refractivity (Wildman–Crippen MR) is 117 cm³/mol.